The van der Waals surface area contributed by atoms with Crippen LogP contribution < -0.4 is 9.47 Å². The number of aromatic hydroxyl groups is 1. The van der Waals surface area contributed by atoms with Gasteiger partial charge in [-0.05, 0) is 50.0 Å². The van der Waals surface area contributed by atoms with Crippen LogP contribution in [0.4, 0.5) is 0 Å². The highest BCUT2D eigenvalue weighted by Gasteiger charge is 2.46. The normalized spacial score (nSPS) is 19.8. The van der Waals surface area contributed by atoms with Crippen LogP contribution in [-0.2, 0) is 9.59 Å². The molecule has 2 aromatic carbocycles. The van der Waals surface area contributed by atoms with Gasteiger partial charge < -0.3 is 29.5 Å². The number of ketones is 1. The number of ether oxygens (including phenoxy) is 2. The van der Waals surface area contributed by atoms with Crippen molar-refractivity contribution in [1.82, 2.24) is 9.80 Å². The molecule has 162 valence electrons. The van der Waals surface area contributed by atoms with Crippen LogP contribution in [0, 0.1) is 0 Å². The lowest BCUT2D eigenvalue weighted by atomic mass is 9.95. The van der Waals surface area contributed by atoms with E-state index < -0.39 is 17.7 Å². The lowest BCUT2D eigenvalue weighted by Gasteiger charge is -2.26. The number of Topliss-reactive ketones (excluding diaryl/α,β-unsaturated/α-hetero) is 1. The van der Waals surface area contributed by atoms with Crippen LogP contribution in [0.15, 0.2) is 48.0 Å². The standard InChI is InChI=1S/C23H24N2O6/c1-24(2)8-9-25-20(14-4-3-5-16(26)12-14)19(22(28)23(25)29)21(27)15-6-7-17-18(13-15)31-11-10-30-17/h3-7,12-13,20,26-27H,8-11H2,1-2H3/t20-/m1/s1. The Kier molecular flexibility index (Phi) is 5.56. The first-order chi connectivity index (χ1) is 14.9. The number of benzene rings is 2. The van der Waals surface area contributed by atoms with Gasteiger partial charge in [-0.25, -0.2) is 0 Å². The Morgan fingerprint density at radius 2 is 1.84 bits per heavy atom. The Labute approximate surface area is 179 Å². The van der Waals surface area contributed by atoms with E-state index in [-0.39, 0.29) is 23.6 Å². The van der Waals surface area contributed by atoms with Crippen LogP contribution in [0.25, 0.3) is 5.76 Å². The molecular weight excluding hydrogens is 400 g/mol. The minimum Gasteiger partial charge on any atom is -0.508 e. The summed E-state index contributed by atoms with van der Waals surface area (Å²) in [5.41, 5.74) is 0.864. The summed E-state index contributed by atoms with van der Waals surface area (Å²) in [5, 5.41) is 21.1. The van der Waals surface area contributed by atoms with Gasteiger partial charge in [-0.3, -0.25) is 9.59 Å². The second-order valence-electron chi connectivity index (χ2n) is 7.75. The summed E-state index contributed by atoms with van der Waals surface area (Å²) >= 11 is 0. The van der Waals surface area contributed by atoms with Gasteiger partial charge in [0.05, 0.1) is 11.6 Å². The highest BCUT2D eigenvalue weighted by molar-refractivity contribution is 6.46. The molecule has 2 N–H and O–H groups in total. The Hall–Kier alpha value is -3.52. The van der Waals surface area contributed by atoms with Crippen LogP contribution in [0.1, 0.15) is 17.2 Å². The molecule has 0 radical (unpaired) electrons. The monoisotopic (exact) mass is 424 g/mol. The quantitative estimate of drug-likeness (QED) is 0.431. The zero-order chi connectivity index (χ0) is 22.1. The average molecular weight is 424 g/mol. The summed E-state index contributed by atoms with van der Waals surface area (Å²) in [6, 6.07) is 10.4. The van der Waals surface area contributed by atoms with Crippen molar-refractivity contribution >= 4 is 17.4 Å². The second kappa shape index (κ2) is 8.31. The number of carbonyl (C=O) groups is 2. The number of aliphatic hydroxyl groups excluding tert-OH is 1. The largest absolute Gasteiger partial charge is 0.508 e. The minimum absolute atomic E-state index is 0.00928. The summed E-state index contributed by atoms with van der Waals surface area (Å²) in [6.45, 7) is 1.64. The predicted octanol–water partition coefficient (Wildman–Crippen LogP) is 2.15. The summed E-state index contributed by atoms with van der Waals surface area (Å²) in [5.74, 6) is -0.718. The van der Waals surface area contributed by atoms with Gasteiger partial charge in [-0.2, -0.15) is 0 Å². The minimum atomic E-state index is -0.819. The van der Waals surface area contributed by atoms with Crippen molar-refractivity contribution in [3.8, 4) is 17.2 Å². The van der Waals surface area contributed by atoms with E-state index in [4.69, 9.17) is 9.47 Å². The summed E-state index contributed by atoms with van der Waals surface area (Å²) in [4.78, 5) is 29.2. The number of rotatable bonds is 5. The van der Waals surface area contributed by atoms with E-state index in [2.05, 4.69) is 0 Å². The molecule has 2 aliphatic heterocycles. The smallest absolute Gasteiger partial charge is 0.295 e. The first kappa shape index (κ1) is 20.7. The first-order valence-electron chi connectivity index (χ1n) is 9.99. The van der Waals surface area contributed by atoms with E-state index in [9.17, 15) is 19.8 Å². The number of likely N-dealkylation sites (N-methyl/N-ethyl adjacent to an activating group) is 1. The zero-order valence-corrected chi connectivity index (χ0v) is 17.4. The molecule has 31 heavy (non-hydrogen) atoms. The second-order valence-corrected chi connectivity index (χ2v) is 7.75. The number of fused-ring (bicyclic) bond motifs is 1. The van der Waals surface area contributed by atoms with Gasteiger partial charge in [0.2, 0.25) is 0 Å². The van der Waals surface area contributed by atoms with Crippen molar-refractivity contribution in [2.24, 2.45) is 0 Å². The van der Waals surface area contributed by atoms with E-state index in [0.29, 0.717) is 42.4 Å². The van der Waals surface area contributed by atoms with Crippen molar-refractivity contribution in [3.05, 3.63) is 59.2 Å². The molecule has 8 nitrogen and oxygen atoms in total. The first-order valence-corrected chi connectivity index (χ1v) is 9.99. The van der Waals surface area contributed by atoms with Gasteiger partial charge >= 0.3 is 0 Å². The molecular formula is C23H24N2O6. The van der Waals surface area contributed by atoms with Crippen molar-refractivity contribution in [1.29, 1.82) is 0 Å². The molecule has 0 spiro atoms. The Bertz CT molecular complexity index is 1060. The fourth-order valence-electron chi connectivity index (χ4n) is 3.81. The number of carbonyl (C=O) groups excluding carboxylic acids is 2. The Balaban J connectivity index is 1.83. The molecule has 0 bridgehead atoms. The fraction of sp³-hybridized carbons (Fsp3) is 0.304. The SMILES string of the molecule is CN(C)CCN1C(=O)C(=O)C(=C(O)c2ccc3c(c2)OCCO3)[C@H]1c1cccc(O)c1. The Morgan fingerprint density at radius 3 is 2.55 bits per heavy atom. The lowest BCUT2D eigenvalue weighted by Crippen LogP contribution is -2.35. The highest BCUT2D eigenvalue weighted by atomic mass is 16.6. The van der Waals surface area contributed by atoms with Crippen molar-refractivity contribution in [3.63, 3.8) is 0 Å². The molecule has 0 aliphatic carbocycles. The summed E-state index contributed by atoms with van der Waals surface area (Å²) < 4.78 is 11.1. The zero-order valence-electron chi connectivity index (χ0n) is 17.4. The molecule has 0 saturated carbocycles. The van der Waals surface area contributed by atoms with Crippen molar-refractivity contribution < 1.29 is 29.3 Å². The molecule has 1 atom stereocenters. The molecule has 0 unspecified atom stereocenters. The predicted molar refractivity (Wildman–Crippen MR) is 113 cm³/mol. The molecule has 2 heterocycles. The number of nitrogens with zero attached hydrogens (tertiary/aromatic N) is 2. The van der Waals surface area contributed by atoms with Gasteiger partial charge in [-0.15, -0.1) is 0 Å². The number of phenols is 1. The maximum Gasteiger partial charge on any atom is 0.295 e. The van der Waals surface area contributed by atoms with E-state index >= 15 is 0 Å². The van der Waals surface area contributed by atoms with Crippen LogP contribution in [-0.4, -0.2) is 72.1 Å². The van der Waals surface area contributed by atoms with E-state index in [1.807, 2.05) is 19.0 Å². The third kappa shape index (κ3) is 3.94. The highest BCUT2D eigenvalue weighted by Crippen LogP contribution is 2.41. The maximum atomic E-state index is 13.0. The number of hydrogen-bond donors (Lipinski definition) is 2. The summed E-state index contributed by atoms with van der Waals surface area (Å²) in [7, 11) is 3.74. The van der Waals surface area contributed by atoms with Gasteiger partial charge in [0.1, 0.15) is 24.7 Å². The third-order valence-electron chi connectivity index (χ3n) is 5.33. The molecule has 2 aromatic rings. The van der Waals surface area contributed by atoms with Gasteiger partial charge in [-0.1, -0.05) is 12.1 Å². The molecule has 1 amide bonds. The Morgan fingerprint density at radius 1 is 1.10 bits per heavy atom. The molecule has 1 fully saturated rings. The van der Waals surface area contributed by atoms with Crippen LogP contribution >= 0.6 is 0 Å². The molecule has 0 aromatic heterocycles. The van der Waals surface area contributed by atoms with E-state index in [0.717, 1.165) is 0 Å². The van der Waals surface area contributed by atoms with Crippen molar-refractivity contribution in [2.75, 3.05) is 40.4 Å². The fourth-order valence-corrected chi connectivity index (χ4v) is 3.81. The number of aliphatic hydroxyl groups is 1. The topological polar surface area (TPSA) is 99.5 Å². The van der Waals surface area contributed by atoms with Crippen LogP contribution in [0.2, 0.25) is 0 Å². The molecule has 1 saturated heterocycles. The van der Waals surface area contributed by atoms with Crippen molar-refractivity contribution in [2.45, 2.75) is 6.04 Å². The van der Waals surface area contributed by atoms with Gasteiger partial charge in [0, 0.05) is 18.7 Å². The average Bonchev–Trinajstić information content (AvgIpc) is 3.01. The van der Waals surface area contributed by atoms with E-state index in [1.165, 1.54) is 17.0 Å². The van der Waals surface area contributed by atoms with Crippen LogP contribution in [0.3, 0.4) is 0 Å². The van der Waals surface area contributed by atoms with E-state index in [1.54, 1.807) is 30.3 Å². The number of hydrogen-bond acceptors (Lipinski definition) is 7. The van der Waals surface area contributed by atoms with Gasteiger partial charge in [0.25, 0.3) is 11.7 Å². The number of likely N-dealkylation sites (tertiary alicyclic amines) is 1. The molecule has 2 aliphatic rings. The van der Waals surface area contributed by atoms with Crippen LogP contribution in [0.5, 0.6) is 17.2 Å². The number of phenolic OH excluding ortho intramolecular Hbond substituents is 1. The maximum absolute atomic E-state index is 13.0. The molecule has 8 heteroatoms. The third-order valence-corrected chi connectivity index (χ3v) is 5.33. The molecule has 4 rings (SSSR count). The van der Waals surface area contributed by atoms with Gasteiger partial charge in [0.15, 0.2) is 11.5 Å². The summed E-state index contributed by atoms with van der Waals surface area (Å²) in [6.07, 6.45) is 0. The lowest BCUT2D eigenvalue weighted by molar-refractivity contribution is -0.140. The number of amides is 1.